The van der Waals surface area contributed by atoms with E-state index in [0.29, 0.717) is 29.6 Å². The van der Waals surface area contributed by atoms with E-state index in [2.05, 4.69) is 13.8 Å². The van der Waals surface area contributed by atoms with Gasteiger partial charge in [0.1, 0.15) is 5.38 Å². The summed E-state index contributed by atoms with van der Waals surface area (Å²) in [4.78, 5) is 11.4. The average Bonchev–Trinajstić information content (AvgIpc) is 2.34. The van der Waals surface area contributed by atoms with Gasteiger partial charge in [-0.15, -0.1) is 11.6 Å². The summed E-state index contributed by atoms with van der Waals surface area (Å²) in [6.07, 6.45) is 0. The quantitative estimate of drug-likeness (QED) is 0.741. The molecule has 18 heavy (non-hydrogen) atoms. The Hall–Kier alpha value is -1.22. The van der Waals surface area contributed by atoms with Crippen LogP contribution >= 0.6 is 11.6 Å². The lowest BCUT2D eigenvalue weighted by molar-refractivity contribution is -0.116. The van der Waals surface area contributed by atoms with Gasteiger partial charge in [-0.25, -0.2) is 0 Å². The molecule has 0 saturated heterocycles. The molecule has 0 aliphatic rings. The molecule has 0 bridgehead atoms. The van der Waals surface area contributed by atoms with Crippen LogP contribution in [0.3, 0.4) is 0 Å². The highest BCUT2D eigenvalue weighted by Crippen LogP contribution is 2.37. The minimum Gasteiger partial charge on any atom is -0.493 e. The zero-order valence-electron chi connectivity index (χ0n) is 11.2. The first-order valence-corrected chi connectivity index (χ1v) is 6.35. The third kappa shape index (κ3) is 3.64. The summed E-state index contributed by atoms with van der Waals surface area (Å²) in [7, 11) is 1.55. The summed E-state index contributed by atoms with van der Waals surface area (Å²) in [5.74, 6) is 1.46. The monoisotopic (exact) mass is 270 g/mol. The Kier molecular flexibility index (Phi) is 5.48. The number of Topliss-reactive ketones (excluding diaryl/α,β-unsaturated/α-hetero) is 1. The standard InChI is InChI=1S/C14H19ClO3/c1-9(2)8-18-12-7-5-6-11(14(12)17-4)13(15)10(3)16/h5-7,9,13H,8H2,1-4H3. The number of methoxy groups -OCH3 is 1. The molecule has 1 aromatic carbocycles. The normalized spacial score (nSPS) is 12.3. The number of para-hydroxylation sites is 1. The number of hydrogen-bond donors (Lipinski definition) is 0. The number of carbonyl (C=O) groups is 1. The third-order valence-electron chi connectivity index (χ3n) is 2.42. The molecular weight excluding hydrogens is 252 g/mol. The second-order valence-corrected chi connectivity index (χ2v) is 4.99. The summed E-state index contributed by atoms with van der Waals surface area (Å²) in [5, 5.41) is -0.706. The Bertz CT molecular complexity index is 416. The number of hydrogen-bond acceptors (Lipinski definition) is 3. The van der Waals surface area contributed by atoms with E-state index in [1.54, 1.807) is 13.2 Å². The molecule has 3 nitrogen and oxygen atoms in total. The summed E-state index contributed by atoms with van der Waals surface area (Å²) >= 11 is 6.07. The van der Waals surface area contributed by atoms with Crippen LogP contribution in [0.1, 0.15) is 31.7 Å². The number of benzene rings is 1. The molecular formula is C14H19ClO3. The first-order valence-electron chi connectivity index (χ1n) is 5.91. The van der Waals surface area contributed by atoms with Gasteiger partial charge < -0.3 is 9.47 Å². The van der Waals surface area contributed by atoms with Gasteiger partial charge in [-0.3, -0.25) is 4.79 Å². The second-order valence-electron chi connectivity index (χ2n) is 4.56. The van der Waals surface area contributed by atoms with Crippen molar-refractivity contribution < 1.29 is 14.3 Å². The van der Waals surface area contributed by atoms with Crippen molar-refractivity contribution in [3.63, 3.8) is 0 Å². The maximum absolute atomic E-state index is 11.4. The molecule has 0 aliphatic heterocycles. The Morgan fingerprint density at radius 1 is 1.39 bits per heavy atom. The zero-order chi connectivity index (χ0) is 13.7. The molecule has 1 atom stereocenters. The summed E-state index contributed by atoms with van der Waals surface area (Å²) in [6.45, 7) is 6.18. The van der Waals surface area contributed by atoms with Crippen LogP contribution in [0.5, 0.6) is 11.5 Å². The fourth-order valence-corrected chi connectivity index (χ4v) is 1.71. The Morgan fingerprint density at radius 2 is 2.06 bits per heavy atom. The highest BCUT2D eigenvalue weighted by atomic mass is 35.5. The predicted molar refractivity (Wildman–Crippen MR) is 72.6 cm³/mol. The van der Waals surface area contributed by atoms with Crippen LogP contribution in [0.15, 0.2) is 18.2 Å². The lowest BCUT2D eigenvalue weighted by Gasteiger charge is -2.17. The Balaban J connectivity index is 3.05. The number of rotatable bonds is 6. The minimum atomic E-state index is -0.706. The zero-order valence-corrected chi connectivity index (χ0v) is 12.0. The fourth-order valence-electron chi connectivity index (χ4n) is 1.54. The van der Waals surface area contributed by atoms with Crippen LogP contribution in [0.25, 0.3) is 0 Å². The van der Waals surface area contributed by atoms with Crippen molar-refractivity contribution in [1.29, 1.82) is 0 Å². The van der Waals surface area contributed by atoms with Gasteiger partial charge >= 0.3 is 0 Å². The molecule has 1 aromatic rings. The number of alkyl halides is 1. The molecule has 4 heteroatoms. The van der Waals surface area contributed by atoms with E-state index in [9.17, 15) is 4.79 Å². The van der Waals surface area contributed by atoms with Gasteiger partial charge in [0.05, 0.1) is 13.7 Å². The average molecular weight is 271 g/mol. The van der Waals surface area contributed by atoms with E-state index in [0.717, 1.165) is 0 Å². The van der Waals surface area contributed by atoms with Crippen molar-refractivity contribution in [3.05, 3.63) is 23.8 Å². The lowest BCUT2D eigenvalue weighted by Crippen LogP contribution is -2.08. The molecule has 0 amide bonds. The second kappa shape index (κ2) is 6.64. The van der Waals surface area contributed by atoms with Crippen molar-refractivity contribution in [1.82, 2.24) is 0 Å². The molecule has 0 heterocycles. The maximum atomic E-state index is 11.4. The van der Waals surface area contributed by atoms with Crippen LogP contribution in [0.4, 0.5) is 0 Å². The van der Waals surface area contributed by atoms with Crippen molar-refractivity contribution in [3.8, 4) is 11.5 Å². The van der Waals surface area contributed by atoms with Gasteiger partial charge in [0.15, 0.2) is 17.3 Å². The minimum absolute atomic E-state index is 0.115. The summed E-state index contributed by atoms with van der Waals surface area (Å²) in [6, 6.07) is 5.40. The van der Waals surface area contributed by atoms with Gasteiger partial charge in [-0.1, -0.05) is 26.0 Å². The largest absolute Gasteiger partial charge is 0.493 e. The fraction of sp³-hybridized carbons (Fsp3) is 0.500. The van der Waals surface area contributed by atoms with E-state index in [1.807, 2.05) is 12.1 Å². The van der Waals surface area contributed by atoms with Gasteiger partial charge in [-0.05, 0) is 18.9 Å². The van der Waals surface area contributed by atoms with E-state index in [1.165, 1.54) is 6.92 Å². The molecule has 0 aliphatic carbocycles. The predicted octanol–water partition coefficient (Wildman–Crippen LogP) is 3.60. The molecule has 0 radical (unpaired) electrons. The Morgan fingerprint density at radius 3 is 2.56 bits per heavy atom. The van der Waals surface area contributed by atoms with Gasteiger partial charge in [0.25, 0.3) is 0 Å². The molecule has 0 fully saturated rings. The topological polar surface area (TPSA) is 35.5 Å². The number of ketones is 1. The molecule has 0 spiro atoms. The van der Waals surface area contributed by atoms with Crippen LogP contribution in [0.2, 0.25) is 0 Å². The highest BCUT2D eigenvalue weighted by Gasteiger charge is 2.20. The van der Waals surface area contributed by atoms with Gasteiger partial charge in [0.2, 0.25) is 0 Å². The van der Waals surface area contributed by atoms with Crippen molar-refractivity contribution in [2.24, 2.45) is 5.92 Å². The van der Waals surface area contributed by atoms with Gasteiger partial charge in [-0.2, -0.15) is 0 Å². The smallest absolute Gasteiger partial charge is 0.165 e. The molecule has 0 aromatic heterocycles. The van der Waals surface area contributed by atoms with Crippen molar-refractivity contribution in [2.45, 2.75) is 26.1 Å². The number of ether oxygens (including phenoxy) is 2. The molecule has 0 N–H and O–H groups in total. The van der Waals surface area contributed by atoms with Crippen molar-refractivity contribution in [2.75, 3.05) is 13.7 Å². The lowest BCUT2D eigenvalue weighted by atomic mass is 10.1. The van der Waals surface area contributed by atoms with E-state index in [4.69, 9.17) is 21.1 Å². The van der Waals surface area contributed by atoms with E-state index < -0.39 is 5.38 Å². The van der Waals surface area contributed by atoms with Crippen LogP contribution in [0, 0.1) is 5.92 Å². The number of carbonyl (C=O) groups excluding carboxylic acids is 1. The first-order chi connectivity index (χ1) is 8.47. The summed E-state index contributed by atoms with van der Waals surface area (Å²) in [5.41, 5.74) is 0.646. The third-order valence-corrected chi connectivity index (χ3v) is 2.96. The van der Waals surface area contributed by atoms with Crippen LogP contribution in [-0.2, 0) is 4.79 Å². The van der Waals surface area contributed by atoms with Crippen LogP contribution < -0.4 is 9.47 Å². The maximum Gasteiger partial charge on any atom is 0.165 e. The van der Waals surface area contributed by atoms with E-state index in [-0.39, 0.29) is 5.78 Å². The Labute approximate surface area is 113 Å². The molecule has 100 valence electrons. The first kappa shape index (κ1) is 14.8. The molecule has 0 saturated carbocycles. The summed E-state index contributed by atoms with van der Waals surface area (Å²) < 4.78 is 11.0. The molecule has 1 rings (SSSR count). The van der Waals surface area contributed by atoms with E-state index >= 15 is 0 Å². The van der Waals surface area contributed by atoms with Gasteiger partial charge in [0, 0.05) is 5.56 Å². The van der Waals surface area contributed by atoms with Crippen LogP contribution in [-0.4, -0.2) is 19.5 Å². The SMILES string of the molecule is COc1c(OCC(C)C)cccc1C(Cl)C(C)=O. The molecule has 1 unspecified atom stereocenters. The highest BCUT2D eigenvalue weighted by molar-refractivity contribution is 6.31. The van der Waals surface area contributed by atoms with Crippen molar-refractivity contribution >= 4 is 17.4 Å². The number of halogens is 1.